The molecule has 0 spiro atoms. The molecule has 1 heterocycles. The highest BCUT2D eigenvalue weighted by Gasteiger charge is 2.34. The van der Waals surface area contributed by atoms with Crippen molar-refractivity contribution in [2.45, 2.75) is 41.9 Å². The second kappa shape index (κ2) is 10.8. The molecular formula is C25H21Cl3N2O5. The Bertz CT molecular complexity index is 1330. The van der Waals surface area contributed by atoms with Crippen LogP contribution in [-0.4, -0.2) is 27.4 Å². The molecule has 1 N–H and O–H groups in total. The molecule has 2 aromatic carbocycles. The van der Waals surface area contributed by atoms with Gasteiger partial charge in [0.25, 0.3) is 0 Å². The summed E-state index contributed by atoms with van der Waals surface area (Å²) >= 11 is 18.1. The maximum Gasteiger partial charge on any atom is 0.433 e. The Morgan fingerprint density at radius 3 is 2.37 bits per heavy atom. The number of rotatable bonds is 5. The molecule has 0 atom stereocenters. The number of nitrogens with one attached hydrogen (secondary N) is 1. The molecule has 0 unspecified atom stereocenters. The van der Waals surface area contributed by atoms with Crippen molar-refractivity contribution in [3.05, 3.63) is 81.7 Å². The SMILES string of the molecule is O=C(NC1CCCCC1)O/N=C(/c1cc2ccc(C(=O)c3ccccc3)cc2oc1=O)C(Cl)(Cl)Cl. The third-order valence-electron chi connectivity index (χ3n) is 5.70. The van der Waals surface area contributed by atoms with Gasteiger partial charge in [-0.2, -0.15) is 0 Å². The molecule has 0 aliphatic heterocycles. The van der Waals surface area contributed by atoms with Crippen LogP contribution >= 0.6 is 34.8 Å². The Morgan fingerprint density at radius 2 is 1.69 bits per heavy atom. The number of amides is 1. The van der Waals surface area contributed by atoms with Crippen LogP contribution in [0.4, 0.5) is 4.79 Å². The summed E-state index contributed by atoms with van der Waals surface area (Å²) in [5.74, 6) is -0.222. The molecule has 7 nitrogen and oxygen atoms in total. The van der Waals surface area contributed by atoms with Crippen LogP contribution in [-0.2, 0) is 4.84 Å². The Hall–Kier alpha value is -2.87. The maximum absolute atomic E-state index is 12.8. The lowest BCUT2D eigenvalue weighted by Gasteiger charge is -2.21. The monoisotopic (exact) mass is 534 g/mol. The third kappa shape index (κ3) is 6.23. The van der Waals surface area contributed by atoms with Gasteiger partial charge in [0, 0.05) is 22.6 Å². The van der Waals surface area contributed by atoms with Crippen molar-refractivity contribution in [3.63, 3.8) is 0 Å². The maximum atomic E-state index is 12.8. The molecule has 0 bridgehead atoms. The van der Waals surface area contributed by atoms with Crippen LogP contribution in [0.5, 0.6) is 0 Å². The zero-order valence-corrected chi connectivity index (χ0v) is 20.7. The number of fused-ring (bicyclic) bond motifs is 1. The first-order chi connectivity index (χ1) is 16.7. The van der Waals surface area contributed by atoms with Crippen LogP contribution in [0.1, 0.15) is 53.6 Å². The van der Waals surface area contributed by atoms with Gasteiger partial charge < -0.3 is 9.73 Å². The van der Waals surface area contributed by atoms with E-state index in [1.165, 1.54) is 12.1 Å². The Kier molecular flexibility index (Phi) is 7.79. The van der Waals surface area contributed by atoms with Gasteiger partial charge in [-0.25, -0.2) is 9.59 Å². The summed E-state index contributed by atoms with van der Waals surface area (Å²) in [6, 6.07) is 14.8. The Morgan fingerprint density at radius 1 is 0.971 bits per heavy atom. The van der Waals surface area contributed by atoms with Crippen molar-refractivity contribution in [3.8, 4) is 0 Å². The molecule has 10 heteroatoms. The molecule has 0 radical (unpaired) electrons. The highest BCUT2D eigenvalue weighted by atomic mass is 35.6. The summed E-state index contributed by atoms with van der Waals surface area (Å²) in [5.41, 5.74) is -0.451. The predicted molar refractivity (Wildman–Crippen MR) is 136 cm³/mol. The quantitative estimate of drug-likeness (QED) is 0.105. The number of carbonyl (C=O) groups is 2. The first-order valence-electron chi connectivity index (χ1n) is 11.0. The minimum Gasteiger partial charge on any atom is -0.422 e. The molecule has 1 aliphatic carbocycles. The van der Waals surface area contributed by atoms with Gasteiger partial charge in [-0.05, 0) is 25.0 Å². The minimum atomic E-state index is -2.18. The zero-order valence-electron chi connectivity index (χ0n) is 18.4. The van der Waals surface area contributed by atoms with Crippen LogP contribution < -0.4 is 10.9 Å². The molecule has 0 saturated heterocycles. The van der Waals surface area contributed by atoms with Crippen LogP contribution in [0.3, 0.4) is 0 Å². The van der Waals surface area contributed by atoms with E-state index in [1.807, 2.05) is 6.07 Å². The molecule has 35 heavy (non-hydrogen) atoms. The number of hydrogen-bond acceptors (Lipinski definition) is 6. The van der Waals surface area contributed by atoms with Crippen molar-refractivity contribution < 1.29 is 18.8 Å². The van der Waals surface area contributed by atoms with E-state index < -0.39 is 21.2 Å². The number of oxime groups is 1. The molecular weight excluding hydrogens is 515 g/mol. The van der Waals surface area contributed by atoms with Crippen LogP contribution in [0.15, 0.2) is 69.0 Å². The van der Waals surface area contributed by atoms with Gasteiger partial charge in [0.1, 0.15) is 11.3 Å². The minimum absolute atomic E-state index is 0.0128. The number of carbonyl (C=O) groups excluding carboxylic acids is 2. The largest absolute Gasteiger partial charge is 0.433 e. The molecule has 4 rings (SSSR count). The van der Waals surface area contributed by atoms with E-state index in [1.54, 1.807) is 36.4 Å². The number of nitrogens with zero attached hydrogens (tertiary/aromatic N) is 1. The second-order valence-electron chi connectivity index (χ2n) is 8.19. The second-order valence-corrected chi connectivity index (χ2v) is 10.5. The smallest absolute Gasteiger partial charge is 0.422 e. The van der Waals surface area contributed by atoms with E-state index in [0.717, 1.165) is 32.1 Å². The van der Waals surface area contributed by atoms with Crippen LogP contribution in [0.2, 0.25) is 0 Å². The highest BCUT2D eigenvalue weighted by Crippen LogP contribution is 2.31. The third-order valence-corrected chi connectivity index (χ3v) is 6.24. The Balaban J connectivity index is 1.61. The Labute approximate surface area is 216 Å². The predicted octanol–water partition coefficient (Wildman–Crippen LogP) is 6.16. The topological polar surface area (TPSA) is 98.0 Å². The van der Waals surface area contributed by atoms with Gasteiger partial charge in [-0.15, -0.1) is 0 Å². The van der Waals surface area contributed by atoms with Gasteiger partial charge in [0.05, 0.1) is 5.56 Å². The van der Waals surface area contributed by atoms with E-state index in [4.69, 9.17) is 44.1 Å². The van der Waals surface area contributed by atoms with Gasteiger partial charge in [-0.3, -0.25) is 9.63 Å². The molecule has 1 saturated carbocycles. The van der Waals surface area contributed by atoms with E-state index in [2.05, 4.69) is 10.5 Å². The van der Waals surface area contributed by atoms with E-state index in [0.29, 0.717) is 16.5 Å². The van der Waals surface area contributed by atoms with E-state index in [-0.39, 0.29) is 23.0 Å². The van der Waals surface area contributed by atoms with Gasteiger partial charge in [-0.1, -0.05) is 102 Å². The normalized spacial score (nSPS) is 15.1. The first kappa shape index (κ1) is 25.2. The molecule has 3 aromatic rings. The number of hydrogen-bond donors (Lipinski definition) is 1. The van der Waals surface area contributed by atoms with E-state index >= 15 is 0 Å². The molecule has 1 fully saturated rings. The number of ketones is 1. The fourth-order valence-corrected chi connectivity index (χ4v) is 4.36. The van der Waals surface area contributed by atoms with E-state index in [9.17, 15) is 14.4 Å². The van der Waals surface area contributed by atoms with Gasteiger partial charge in [0.15, 0.2) is 5.78 Å². The lowest BCUT2D eigenvalue weighted by Crippen LogP contribution is -2.36. The average molecular weight is 536 g/mol. The van der Waals surface area contributed by atoms with Crippen molar-refractivity contribution in [2.24, 2.45) is 5.16 Å². The summed E-state index contributed by atoms with van der Waals surface area (Å²) in [5, 5.41) is 6.86. The molecule has 1 aliphatic rings. The lowest BCUT2D eigenvalue weighted by atomic mass is 9.96. The fourth-order valence-electron chi connectivity index (χ4n) is 3.95. The highest BCUT2D eigenvalue weighted by molar-refractivity contribution is 6.78. The first-order valence-corrected chi connectivity index (χ1v) is 12.2. The standard InChI is InChI=1S/C25H21Cl3N2O5/c26-25(27,28)22(30-35-24(33)29-18-9-5-2-6-10-18)19-13-16-11-12-17(14-20(16)34-23(19)32)21(31)15-7-3-1-4-8-15/h1,3-4,7-8,11-14,18H,2,5-6,9-10H2,(H,29,33)/b30-22-. The summed E-state index contributed by atoms with van der Waals surface area (Å²) in [4.78, 5) is 42.6. The van der Waals surface area contributed by atoms with Crippen LogP contribution in [0.25, 0.3) is 11.0 Å². The average Bonchev–Trinajstić information content (AvgIpc) is 2.84. The number of halogens is 3. The van der Waals surface area contributed by atoms with Crippen molar-refractivity contribution in [2.75, 3.05) is 0 Å². The van der Waals surface area contributed by atoms with Crippen molar-refractivity contribution >= 4 is 63.4 Å². The number of alkyl halides is 3. The van der Waals surface area contributed by atoms with Crippen molar-refractivity contribution in [1.82, 2.24) is 5.32 Å². The summed E-state index contributed by atoms with van der Waals surface area (Å²) in [7, 11) is 0. The molecule has 1 aromatic heterocycles. The van der Waals surface area contributed by atoms with Crippen LogP contribution in [0, 0.1) is 0 Å². The number of benzene rings is 2. The van der Waals surface area contributed by atoms with Gasteiger partial charge >= 0.3 is 11.7 Å². The summed E-state index contributed by atoms with van der Waals surface area (Å²) < 4.78 is 3.22. The lowest BCUT2D eigenvalue weighted by molar-refractivity contribution is 0.103. The van der Waals surface area contributed by atoms with Crippen molar-refractivity contribution in [1.29, 1.82) is 0 Å². The summed E-state index contributed by atoms with van der Waals surface area (Å²) in [6.07, 6.45) is 4.05. The molecule has 1 amide bonds. The fraction of sp³-hybridized carbons (Fsp3) is 0.280. The zero-order chi connectivity index (χ0) is 25.0. The van der Waals surface area contributed by atoms with Gasteiger partial charge in [0.2, 0.25) is 3.79 Å². The molecule has 182 valence electrons. The summed E-state index contributed by atoms with van der Waals surface area (Å²) in [6.45, 7) is 0.